The molecule has 96 valence electrons. The molecule has 0 aliphatic heterocycles. The van der Waals surface area contributed by atoms with Gasteiger partial charge in [0.25, 0.3) is 11.9 Å². The maximum absolute atomic E-state index is 13.6. The number of hydrogen-bond acceptors (Lipinski definition) is 3. The number of aromatic nitrogens is 4. The van der Waals surface area contributed by atoms with Crippen molar-refractivity contribution in [2.75, 3.05) is 0 Å². The molecule has 3 rings (SSSR count). The van der Waals surface area contributed by atoms with Gasteiger partial charge in [-0.2, -0.15) is 22.5 Å². The van der Waals surface area contributed by atoms with E-state index in [2.05, 4.69) is 15.3 Å². The summed E-state index contributed by atoms with van der Waals surface area (Å²) in [5.41, 5.74) is -0.442. The SMILES string of the molecule is Fc1nc(F)c(F)c(-n2nnc3ccccc32)c1F. The van der Waals surface area contributed by atoms with Gasteiger partial charge in [0.2, 0.25) is 11.6 Å². The first-order valence-electron chi connectivity index (χ1n) is 5.10. The molecule has 0 spiro atoms. The molecule has 0 aliphatic rings. The van der Waals surface area contributed by atoms with Crippen LogP contribution in [0.15, 0.2) is 24.3 Å². The van der Waals surface area contributed by atoms with Gasteiger partial charge in [-0.05, 0) is 12.1 Å². The first kappa shape index (κ1) is 11.6. The van der Waals surface area contributed by atoms with Crippen LogP contribution in [0.4, 0.5) is 17.6 Å². The van der Waals surface area contributed by atoms with Gasteiger partial charge in [0.15, 0.2) is 0 Å². The lowest BCUT2D eigenvalue weighted by molar-refractivity contribution is 0.400. The molecule has 0 bridgehead atoms. The minimum absolute atomic E-state index is 0.213. The Morgan fingerprint density at radius 3 is 2.21 bits per heavy atom. The van der Waals surface area contributed by atoms with Crippen LogP contribution in [0.2, 0.25) is 0 Å². The van der Waals surface area contributed by atoms with Crippen LogP contribution in [0.3, 0.4) is 0 Å². The average Bonchev–Trinajstić information content (AvgIpc) is 2.81. The van der Waals surface area contributed by atoms with E-state index in [1.807, 2.05) is 0 Å². The van der Waals surface area contributed by atoms with Gasteiger partial charge in [-0.25, -0.2) is 4.68 Å². The highest BCUT2D eigenvalue weighted by Gasteiger charge is 2.24. The first-order valence-corrected chi connectivity index (χ1v) is 5.10. The molecule has 0 atom stereocenters. The second kappa shape index (κ2) is 4.01. The Morgan fingerprint density at radius 1 is 0.895 bits per heavy atom. The van der Waals surface area contributed by atoms with Crippen molar-refractivity contribution in [3.63, 3.8) is 0 Å². The van der Waals surface area contributed by atoms with E-state index in [1.54, 1.807) is 18.2 Å². The highest BCUT2D eigenvalue weighted by molar-refractivity contribution is 5.75. The second-order valence-corrected chi connectivity index (χ2v) is 3.66. The lowest BCUT2D eigenvalue weighted by atomic mass is 10.3. The molecule has 0 fully saturated rings. The Bertz CT molecular complexity index is 757. The minimum atomic E-state index is -1.74. The molecule has 0 saturated heterocycles. The molecule has 4 nitrogen and oxygen atoms in total. The number of benzene rings is 1. The number of pyridine rings is 1. The van der Waals surface area contributed by atoms with E-state index >= 15 is 0 Å². The van der Waals surface area contributed by atoms with E-state index in [0.717, 1.165) is 0 Å². The molecular weight excluding hydrogens is 264 g/mol. The number of rotatable bonds is 1. The average molecular weight is 268 g/mol. The second-order valence-electron chi connectivity index (χ2n) is 3.66. The van der Waals surface area contributed by atoms with Crippen LogP contribution in [0, 0.1) is 23.5 Å². The Balaban J connectivity index is 2.39. The maximum atomic E-state index is 13.6. The Kier molecular flexibility index (Phi) is 2.44. The van der Waals surface area contributed by atoms with Crippen molar-refractivity contribution in [3.05, 3.63) is 47.8 Å². The van der Waals surface area contributed by atoms with Crippen LogP contribution in [0.25, 0.3) is 16.7 Å². The summed E-state index contributed by atoms with van der Waals surface area (Å²) in [6.45, 7) is 0. The standard InChI is InChI=1S/C11H4F4N4/c12-7-9(8(13)11(15)16-10(7)14)19-6-4-2-1-3-5(6)17-18-19/h1-4H. The Morgan fingerprint density at radius 2 is 1.53 bits per heavy atom. The topological polar surface area (TPSA) is 43.6 Å². The molecule has 0 N–H and O–H groups in total. The largest absolute Gasteiger partial charge is 0.254 e. The van der Waals surface area contributed by atoms with Crippen LogP contribution in [-0.4, -0.2) is 20.0 Å². The van der Waals surface area contributed by atoms with Gasteiger partial charge >= 0.3 is 0 Å². The van der Waals surface area contributed by atoms with Crippen molar-refractivity contribution < 1.29 is 17.6 Å². The summed E-state index contributed by atoms with van der Waals surface area (Å²) in [6, 6.07) is 6.22. The van der Waals surface area contributed by atoms with Gasteiger partial charge in [0.1, 0.15) is 11.2 Å². The van der Waals surface area contributed by atoms with Gasteiger partial charge in [-0.3, -0.25) is 0 Å². The molecule has 8 heteroatoms. The molecule has 2 aromatic heterocycles. The van der Waals surface area contributed by atoms with Gasteiger partial charge in [0.05, 0.1) is 5.52 Å². The fourth-order valence-corrected chi connectivity index (χ4v) is 1.70. The van der Waals surface area contributed by atoms with E-state index in [1.165, 1.54) is 6.07 Å². The molecule has 0 radical (unpaired) electrons. The molecule has 19 heavy (non-hydrogen) atoms. The number of nitrogens with zero attached hydrogens (tertiary/aromatic N) is 4. The van der Waals surface area contributed by atoms with E-state index in [0.29, 0.717) is 10.2 Å². The van der Waals surface area contributed by atoms with Crippen molar-refractivity contribution >= 4 is 11.0 Å². The molecule has 1 aromatic carbocycles. The molecule has 0 amide bonds. The highest BCUT2D eigenvalue weighted by atomic mass is 19.2. The maximum Gasteiger partial charge on any atom is 0.254 e. The van der Waals surface area contributed by atoms with Crippen molar-refractivity contribution in [1.29, 1.82) is 0 Å². The van der Waals surface area contributed by atoms with Crippen LogP contribution in [0.5, 0.6) is 0 Å². The van der Waals surface area contributed by atoms with Crippen LogP contribution in [0.1, 0.15) is 0 Å². The monoisotopic (exact) mass is 268 g/mol. The van der Waals surface area contributed by atoms with Gasteiger partial charge in [-0.15, -0.1) is 5.10 Å². The summed E-state index contributed by atoms with van der Waals surface area (Å²) >= 11 is 0. The summed E-state index contributed by atoms with van der Waals surface area (Å²) in [5.74, 6) is -6.74. The summed E-state index contributed by atoms with van der Waals surface area (Å²) in [5, 5.41) is 7.15. The number of halogens is 4. The molecule has 0 aliphatic carbocycles. The summed E-state index contributed by atoms with van der Waals surface area (Å²) < 4.78 is 54.0. The van der Waals surface area contributed by atoms with Gasteiger partial charge in [-0.1, -0.05) is 17.3 Å². The quantitative estimate of drug-likeness (QED) is 0.502. The summed E-state index contributed by atoms with van der Waals surface area (Å²) in [6.07, 6.45) is 0. The van der Waals surface area contributed by atoms with Crippen molar-refractivity contribution in [2.24, 2.45) is 0 Å². The zero-order valence-electron chi connectivity index (χ0n) is 9.11. The smallest absolute Gasteiger partial charge is 0.206 e. The molecule has 0 unspecified atom stereocenters. The third-order valence-corrected chi connectivity index (χ3v) is 2.54. The minimum Gasteiger partial charge on any atom is -0.206 e. The van der Waals surface area contributed by atoms with Gasteiger partial charge in [0, 0.05) is 0 Å². The van der Waals surface area contributed by atoms with Crippen LogP contribution < -0.4 is 0 Å². The van der Waals surface area contributed by atoms with Crippen molar-refractivity contribution in [3.8, 4) is 5.69 Å². The van der Waals surface area contributed by atoms with Crippen LogP contribution >= 0.6 is 0 Å². The Labute approximate surface area is 103 Å². The van der Waals surface area contributed by atoms with Crippen molar-refractivity contribution in [1.82, 2.24) is 20.0 Å². The van der Waals surface area contributed by atoms with E-state index in [4.69, 9.17) is 0 Å². The third-order valence-electron chi connectivity index (χ3n) is 2.54. The summed E-state index contributed by atoms with van der Waals surface area (Å²) in [7, 11) is 0. The molecule has 2 heterocycles. The third kappa shape index (κ3) is 1.64. The molecular formula is C11H4F4N4. The molecule has 0 saturated carbocycles. The number of hydrogen-bond donors (Lipinski definition) is 0. The van der Waals surface area contributed by atoms with Crippen LogP contribution in [-0.2, 0) is 0 Å². The predicted molar refractivity (Wildman–Crippen MR) is 56.5 cm³/mol. The normalized spacial score (nSPS) is 11.2. The fourth-order valence-electron chi connectivity index (χ4n) is 1.70. The van der Waals surface area contributed by atoms with E-state index < -0.39 is 29.2 Å². The predicted octanol–water partition coefficient (Wildman–Crippen LogP) is 2.37. The van der Waals surface area contributed by atoms with Gasteiger partial charge < -0.3 is 0 Å². The van der Waals surface area contributed by atoms with E-state index in [9.17, 15) is 17.6 Å². The zero-order chi connectivity index (χ0) is 13.6. The fraction of sp³-hybridized carbons (Fsp3) is 0. The highest BCUT2D eigenvalue weighted by Crippen LogP contribution is 2.23. The lowest BCUT2D eigenvalue weighted by Crippen LogP contribution is -2.10. The Hall–Kier alpha value is -2.51. The summed E-state index contributed by atoms with van der Waals surface area (Å²) in [4.78, 5) is 2.48. The molecule has 3 aromatic rings. The number of para-hydroxylation sites is 1. The van der Waals surface area contributed by atoms with Crippen molar-refractivity contribution in [2.45, 2.75) is 0 Å². The van der Waals surface area contributed by atoms with E-state index in [-0.39, 0.29) is 5.52 Å². The lowest BCUT2D eigenvalue weighted by Gasteiger charge is -2.06. The zero-order valence-corrected chi connectivity index (χ0v) is 9.11. The first-order chi connectivity index (χ1) is 9.09. The number of fused-ring (bicyclic) bond motifs is 1.